The molecule has 0 amide bonds. The Morgan fingerprint density at radius 1 is 0.833 bits per heavy atom. The second kappa shape index (κ2) is 7.97. The Hall–Kier alpha value is -2.34. The first-order chi connectivity index (χ1) is 11.5. The maximum atomic E-state index is 12.7. The van der Waals surface area contributed by atoms with Crippen molar-refractivity contribution in [3.63, 3.8) is 0 Å². The van der Waals surface area contributed by atoms with Gasteiger partial charge in [0.05, 0.1) is 26.7 Å². The summed E-state index contributed by atoms with van der Waals surface area (Å²) in [5.74, 6) is 1.00. The predicted molar refractivity (Wildman–Crippen MR) is 94.1 cm³/mol. The quantitative estimate of drug-likeness (QED) is 0.532. The van der Waals surface area contributed by atoms with E-state index < -0.39 is 0 Å². The molecule has 5 nitrogen and oxygen atoms in total. The van der Waals surface area contributed by atoms with Crippen LogP contribution in [0.4, 0.5) is 0 Å². The Kier molecular flexibility index (Phi) is 5.98. The molecule has 2 aromatic carbocycles. The molecule has 0 bridgehead atoms. The number of methoxy groups -OCH3 is 3. The number of Topliss-reactive ketones (excluding diaryl/α,β-unsaturated/α-hetero) is 1. The van der Waals surface area contributed by atoms with Crippen molar-refractivity contribution < 1.29 is 23.8 Å². The molecule has 0 heterocycles. The second-order valence-corrected chi connectivity index (χ2v) is 5.44. The lowest BCUT2D eigenvalue weighted by Crippen LogP contribution is -2.05. The van der Waals surface area contributed by atoms with Crippen LogP contribution < -0.4 is 14.2 Å². The van der Waals surface area contributed by atoms with Gasteiger partial charge in [0.1, 0.15) is 0 Å². The van der Waals surface area contributed by atoms with Gasteiger partial charge in [-0.3, -0.25) is 9.59 Å². The van der Waals surface area contributed by atoms with Gasteiger partial charge in [-0.05, 0) is 12.1 Å². The lowest BCUT2D eigenvalue weighted by Gasteiger charge is -2.13. The van der Waals surface area contributed by atoms with E-state index in [1.807, 2.05) is 0 Å². The van der Waals surface area contributed by atoms with E-state index in [4.69, 9.17) is 14.2 Å². The minimum atomic E-state index is -0.202. The van der Waals surface area contributed by atoms with Crippen LogP contribution in [0.15, 0.2) is 36.4 Å². The average molecular weight is 393 g/mol. The molecule has 0 N–H and O–H groups in total. The number of ketones is 2. The smallest absolute Gasteiger partial charge is 0.203 e. The molecule has 0 atom stereocenters. The van der Waals surface area contributed by atoms with Crippen LogP contribution in [0.3, 0.4) is 0 Å². The van der Waals surface area contributed by atoms with Gasteiger partial charge in [0.25, 0.3) is 0 Å². The molecule has 0 aliphatic carbocycles. The fraction of sp³-hybridized carbons (Fsp3) is 0.222. The Morgan fingerprint density at radius 3 is 1.75 bits per heavy atom. The molecule has 6 heteroatoms. The molecule has 0 fully saturated rings. The largest absolute Gasteiger partial charge is 0.493 e. The summed E-state index contributed by atoms with van der Waals surface area (Å²) in [4.78, 5) is 24.3. The Morgan fingerprint density at radius 2 is 1.33 bits per heavy atom. The number of halogens is 1. The fourth-order valence-electron chi connectivity index (χ4n) is 2.26. The maximum Gasteiger partial charge on any atom is 0.203 e. The van der Waals surface area contributed by atoms with Crippen molar-refractivity contribution in [3.05, 3.63) is 53.1 Å². The summed E-state index contributed by atoms with van der Waals surface area (Å²) in [6.07, 6.45) is 0. The lowest BCUT2D eigenvalue weighted by atomic mass is 10.0. The maximum absolute atomic E-state index is 12.7. The van der Waals surface area contributed by atoms with Gasteiger partial charge >= 0.3 is 0 Å². The summed E-state index contributed by atoms with van der Waals surface area (Å²) in [5.41, 5.74) is 1.42. The molecule has 24 heavy (non-hydrogen) atoms. The van der Waals surface area contributed by atoms with Crippen LogP contribution >= 0.6 is 15.9 Å². The van der Waals surface area contributed by atoms with Crippen molar-refractivity contribution in [2.75, 3.05) is 26.7 Å². The molecule has 126 valence electrons. The van der Waals surface area contributed by atoms with Crippen molar-refractivity contribution in [1.82, 2.24) is 0 Å². The number of alkyl halides is 1. The number of benzene rings is 2. The monoisotopic (exact) mass is 392 g/mol. The zero-order chi connectivity index (χ0) is 17.7. The van der Waals surface area contributed by atoms with Gasteiger partial charge in [0.15, 0.2) is 23.1 Å². The molecular weight excluding hydrogens is 376 g/mol. The van der Waals surface area contributed by atoms with Gasteiger partial charge in [-0.1, -0.05) is 40.2 Å². The van der Waals surface area contributed by atoms with Crippen molar-refractivity contribution in [2.24, 2.45) is 0 Å². The van der Waals surface area contributed by atoms with E-state index in [1.165, 1.54) is 21.3 Å². The molecule has 2 aromatic rings. The number of hydrogen-bond donors (Lipinski definition) is 0. The highest BCUT2D eigenvalue weighted by Crippen LogP contribution is 2.38. The minimum Gasteiger partial charge on any atom is -0.493 e. The van der Waals surface area contributed by atoms with Gasteiger partial charge in [-0.25, -0.2) is 0 Å². The first-order valence-corrected chi connectivity index (χ1v) is 8.21. The van der Waals surface area contributed by atoms with Crippen LogP contribution in [0.1, 0.15) is 26.3 Å². The molecule has 0 aromatic heterocycles. The molecule has 0 saturated carbocycles. The number of carbonyl (C=O) groups excluding carboxylic acids is 2. The van der Waals surface area contributed by atoms with E-state index in [1.54, 1.807) is 36.4 Å². The zero-order valence-corrected chi connectivity index (χ0v) is 15.2. The topological polar surface area (TPSA) is 61.8 Å². The van der Waals surface area contributed by atoms with Crippen LogP contribution in [-0.4, -0.2) is 38.2 Å². The number of hydrogen-bond acceptors (Lipinski definition) is 5. The SMILES string of the molecule is COc1cc(C(=O)c2ccc(C(=O)CBr)cc2)cc(OC)c1OC. The molecule has 0 aliphatic heterocycles. The van der Waals surface area contributed by atoms with Gasteiger partial charge in [-0.15, -0.1) is 0 Å². The fourth-order valence-corrected chi connectivity index (χ4v) is 2.59. The van der Waals surface area contributed by atoms with Gasteiger partial charge in [0.2, 0.25) is 5.75 Å². The van der Waals surface area contributed by atoms with E-state index in [2.05, 4.69) is 15.9 Å². The van der Waals surface area contributed by atoms with Gasteiger partial charge in [0, 0.05) is 16.7 Å². The zero-order valence-electron chi connectivity index (χ0n) is 13.6. The highest BCUT2D eigenvalue weighted by molar-refractivity contribution is 9.09. The number of carbonyl (C=O) groups is 2. The first-order valence-electron chi connectivity index (χ1n) is 7.09. The van der Waals surface area contributed by atoms with E-state index >= 15 is 0 Å². The van der Waals surface area contributed by atoms with Crippen molar-refractivity contribution >= 4 is 27.5 Å². The minimum absolute atomic E-state index is 0.0400. The van der Waals surface area contributed by atoms with Crippen molar-refractivity contribution in [3.8, 4) is 17.2 Å². The number of rotatable bonds is 7. The van der Waals surface area contributed by atoms with E-state index in [-0.39, 0.29) is 16.9 Å². The summed E-state index contributed by atoms with van der Waals surface area (Å²) >= 11 is 3.12. The average Bonchev–Trinajstić information content (AvgIpc) is 2.65. The van der Waals surface area contributed by atoms with Crippen LogP contribution in [-0.2, 0) is 0 Å². The lowest BCUT2D eigenvalue weighted by molar-refractivity contribution is 0.101. The summed E-state index contributed by atoms with van der Waals surface area (Å²) in [7, 11) is 4.49. The predicted octanol–water partition coefficient (Wildman–Crippen LogP) is 3.52. The highest BCUT2D eigenvalue weighted by atomic mass is 79.9. The summed E-state index contributed by atoms with van der Waals surface area (Å²) in [6.45, 7) is 0. The van der Waals surface area contributed by atoms with E-state index in [9.17, 15) is 9.59 Å². The molecule has 0 saturated heterocycles. The van der Waals surface area contributed by atoms with Crippen LogP contribution in [0.25, 0.3) is 0 Å². The number of ether oxygens (including phenoxy) is 3. The van der Waals surface area contributed by atoms with Gasteiger partial charge < -0.3 is 14.2 Å². The first kappa shape index (κ1) is 18.0. The van der Waals surface area contributed by atoms with E-state index in [0.29, 0.717) is 33.9 Å². The Balaban J connectivity index is 2.40. The highest BCUT2D eigenvalue weighted by Gasteiger charge is 2.18. The third kappa shape index (κ3) is 3.59. The van der Waals surface area contributed by atoms with Gasteiger partial charge in [-0.2, -0.15) is 0 Å². The molecule has 0 radical (unpaired) electrons. The van der Waals surface area contributed by atoms with E-state index in [0.717, 1.165) is 0 Å². The Labute approximate surface area is 148 Å². The molecule has 0 spiro atoms. The standard InChI is InChI=1S/C18H17BrO5/c1-22-15-8-13(9-16(23-2)18(15)24-3)17(21)12-6-4-11(5-7-12)14(20)10-19/h4-9H,10H2,1-3H3. The molecular formula is C18H17BrO5. The molecule has 0 aliphatic rings. The second-order valence-electron chi connectivity index (χ2n) is 4.88. The third-order valence-electron chi connectivity index (χ3n) is 3.52. The normalized spacial score (nSPS) is 10.2. The van der Waals surface area contributed by atoms with Crippen LogP contribution in [0.2, 0.25) is 0 Å². The molecule has 0 unspecified atom stereocenters. The Bertz CT molecular complexity index is 727. The summed E-state index contributed by atoms with van der Waals surface area (Å²) in [6, 6.07) is 9.72. The summed E-state index contributed by atoms with van der Waals surface area (Å²) in [5, 5.41) is 0.243. The van der Waals surface area contributed by atoms with Crippen LogP contribution in [0, 0.1) is 0 Å². The van der Waals surface area contributed by atoms with Crippen molar-refractivity contribution in [2.45, 2.75) is 0 Å². The van der Waals surface area contributed by atoms with Crippen molar-refractivity contribution in [1.29, 1.82) is 0 Å². The summed E-state index contributed by atoms with van der Waals surface area (Å²) < 4.78 is 15.8. The van der Waals surface area contributed by atoms with Crippen LogP contribution in [0.5, 0.6) is 17.2 Å². The third-order valence-corrected chi connectivity index (χ3v) is 4.03. The molecule has 2 rings (SSSR count).